The second-order valence-corrected chi connectivity index (χ2v) is 9.91. The number of fused-ring (bicyclic) bond motifs is 2. The summed E-state index contributed by atoms with van der Waals surface area (Å²) in [6.07, 6.45) is 2.03. The zero-order chi connectivity index (χ0) is 24.7. The van der Waals surface area contributed by atoms with Gasteiger partial charge in [-0.1, -0.05) is 36.4 Å². The van der Waals surface area contributed by atoms with Crippen LogP contribution < -0.4 is 15.4 Å². The fraction of sp³-hybridized carbons (Fsp3) is 0.300. The quantitative estimate of drug-likeness (QED) is 0.354. The number of piperidine rings is 1. The van der Waals surface area contributed by atoms with Crippen LogP contribution in [0.5, 0.6) is 5.75 Å². The maximum absolute atomic E-state index is 13.0. The lowest BCUT2D eigenvalue weighted by Gasteiger charge is -2.41. The van der Waals surface area contributed by atoms with Gasteiger partial charge in [0.2, 0.25) is 11.7 Å². The van der Waals surface area contributed by atoms with Crippen molar-refractivity contribution in [1.82, 2.24) is 10.3 Å². The molecule has 1 aromatic heterocycles. The molecular formula is C30H31N3O3. The smallest absolute Gasteiger partial charge is 0.228 e. The van der Waals surface area contributed by atoms with Crippen molar-refractivity contribution in [3.8, 4) is 16.9 Å². The van der Waals surface area contributed by atoms with Crippen LogP contribution in [0.15, 0.2) is 60.7 Å². The van der Waals surface area contributed by atoms with Gasteiger partial charge in [0, 0.05) is 53.8 Å². The molecular weight excluding hydrogens is 450 g/mol. The van der Waals surface area contributed by atoms with E-state index in [2.05, 4.69) is 52.9 Å². The van der Waals surface area contributed by atoms with E-state index in [1.807, 2.05) is 37.3 Å². The number of ether oxygens (including phenoxy) is 2. The van der Waals surface area contributed by atoms with Crippen molar-refractivity contribution in [2.75, 3.05) is 18.4 Å². The lowest BCUT2D eigenvalue weighted by atomic mass is 9.99. The number of aromatic nitrogens is 1. The Hall–Kier alpha value is -3.61. The molecule has 6 nitrogen and oxygen atoms in total. The molecule has 0 atom stereocenters. The molecule has 0 bridgehead atoms. The van der Waals surface area contributed by atoms with Crippen LogP contribution in [0.4, 0.5) is 5.69 Å². The fourth-order valence-electron chi connectivity index (χ4n) is 5.38. The lowest BCUT2D eigenvalue weighted by Crippen LogP contribution is -2.49. The summed E-state index contributed by atoms with van der Waals surface area (Å²) in [6.45, 7) is 6.47. The number of carbonyl (C=O) groups excluding carboxylic acids is 1. The average molecular weight is 482 g/mol. The molecule has 2 aliphatic rings. The summed E-state index contributed by atoms with van der Waals surface area (Å²) in [5, 5.41) is 7.56. The van der Waals surface area contributed by atoms with Crippen LogP contribution in [0.2, 0.25) is 0 Å². The van der Waals surface area contributed by atoms with Crippen molar-refractivity contribution >= 4 is 22.5 Å². The first-order valence-corrected chi connectivity index (χ1v) is 12.6. The molecule has 3 heterocycles. The van der Waals surface area contributed by atoms with Crippen molar-refractivity contribution in [3.63, 3.8) is 0 Å². The van der Waals surface area contributed by atoms with Crippen LogP contribution in [0.3, 0.4) is 0 Å². The van der Waals surface area contributed by atoms with Crippen LogP contribution in [0, 0.1) is 13.8 Å². The zero-order valence-electron chi connectivity index (χ0n) is 20.7. The third kappa shape index (κ3) is 4.27. The van der Waals surface area contributed by atoms with E-state index in [0.717, 1.165) is 76.2 Å². The Morgan fingerprint density at radius 1 is 1.00 bits per heavy atom. The fourth-order valence-corrected chi connectivity index (χ4v) is 5.38. The third-order valence-electron chi connectivity index (χ3n) is 7.39. The van der Waals surface area contributed by atoms with E-state index in [4.69, 9.17) is 9.47 Å². The molecule has 4 aromatic rings. The molecule has 3 N–H and O–H groups in total. The number of nitrogens with one attached hydrogen (secondary N) is 3. The van der Waals surface area contributed by atoms with Gasteiger partial charge in [-0.15, -0.1) is 0 Å². The van der Waals surface area contributed by atoms with E-state index < -0.39 is 5.79 Å². The summed E-state index contributed by atoms with van der Waals surface area (Å²) in [5.74, 6) is 0.379. The number of rotatable bonds is 4. The predicted molar refractivity (Wildman–Crippen MR) is 142 cm³/mol. The highest BCUT2D eigenvalue weighted by Crippen LogP contribution is 2.38. The SMILES string of the molecule is Cc1[nH]c2c(C)cccc2c1CC(=O)Nc1cccc(-c2ccc3c(c2)COC2(CCNCC2)O3)c1. The van der Waals surface area contributed by atoms with Crippen molar-refractivity contribution in [1.29, 1.82) is 0 Å². The first kappa shape index (κ1) is 22.8. The molecule has 1 saturated heterocycles. The highest BCUT2D eigenvalue weighted by molar-refractivity contribution is 5.97. The number of benzene rings is 3. The minimum absolute atomic E-state index is 0.0304. The first-order valence-electron chi connectivity index (χ1n) is 12.6. The van der Waals surface area contributed by atoms with E-state index in [0.29, 0.717) is 13.0 Å². The highest BCUT2D eigenvalue weighted by Gasteiger charge is 2.38. The van der Waals surface area contributed by atoms with Gasteiger partial charge in [0.1, 0.15) is 5.75 Å². The molecule has 6 heteroatoms. The minimum Gasteiger partial charge on any atom is -0.462 e. The number of hydrogen-bond acceptors (Lipinski definition) is 4. The molecule has 3 aromatic carbocycles. The van der Waals surface area contributed by atoms with Gasteiger partial charge in [-0.05, 0) is 60.4 Å². The van der Waals surface area contributed by atoms with Gasteiger partial charge < -0.3 is 25.1 Å². The van der Waals surface area contributed by atoms with E-state index in [9.17, 15) is 4.79 Å². The van der Waals surface area contributed by atoms with Gasteiger partial charge >= 0.3 is 0 Å². The monoisotopic (exact) mass is 481 g/mol. The number of carbonyl (C=O) groups is 1. The Labute approximate surface area is 211 Å². The highest BCUT2D eigenvalue weighted by atomic mass is 16.7. The Morgan fingerprint density at radius 3 is 2.67 bits per heavy atom. The average Bonchev–Trinajstić information content (AvgIpc) is 3.20. The Kier molecular flexibility index (Phi) is 5.78. The van der Waals surface area contributed by atoms with Gasteiger partial charge in [-0.25, -0.2) is 0 Å². The molecule has 6 rings (SSSR count). The second-order valence-electron chi connectivity index (χ2n) is 9.91. The maximum atomic E-state index is 13.0. The van der Waals surface area contributed by atoms with Crippen LogP contribution in [0.1, 0.15) is 35.2 Å². The number of H-pyrrole nitrogens is 1. The number of anilines is 1. The Bertz CT molecular complexity index is 1450. The molecule has 0 aliphatic carbocycles. The normalized spacial score (nSPS) is 16.5. The maximum Gasteiger partial charge on any atom is 0.228 e. The van der Waals surface area contributed by atoms with Gasteiger partial charge in [-0.2, -0.15) is 0 Å². The molecule has 1 amide bonds. The minimum atomic E-state index is -0.494. The van der Waals surface area contributed by atoms with E-state index in [-0.39, 0.29) is 5.91 Å². The summed E-state index contributed by atoms with van der Waals surface area (Å²) in [7, 11) is 0. The summed E-state index contributed by atoms with van der Waals surface area (Å²) in [4.78, 5) is 16.4. The molecule has 1 spiro atoms. The summed E-state index contributed by atoms with van der Waals surface area (Å²) >= 11 is 0. The van der Waals surface area contributed by atoms with Gasteiger partial charge in [0.15, 0.2) is 0 Å². The van der Waals surface area contributed by atoms with Gasteiger partial charge in [0.25, 0.3) is 0 Å². The molecule has 2 aliphatic heterocycles. The third-order valence-corrected chi connectivity index (χ3v) is 7.39. The van der Waals surface area contributed by atoms with Crippen LogP contribution in [0.25, 0.3) is 22.0 Å². The number of para-hydroxylation sites is 1. The first-order chi connectivity index (χ1) is 17.5. The second kappa shape index (κ2) is 9.12. The van der Waals surface area contributed by atoms with Crippen LogP contribution in [-0.2, 0) is 22.6 Å². The molecule has 184 valence electrons. The number of aromatic amines is 1. The van der Waals surface area contributed by atoms with E-state index in [1.165, 1.54) is 5.56 Å². The molecule has 36 heavy (non-hydrogen) atoms. The standard InChI is InChI=1S/C30H31N3O3/c1-19-5-3-8-25-26(20(2)32-29(19)25)17-28(34)33-24-7-4-6-21(16-24)22-9-10-27-23(15-22)18-35-30(36-27)11-13-31-14-12-30/h3-10,15-16,31-32H,11-14,17-18H2,1-2H3,(H,33,34). The van der Waals surface area contributed by atoms with Gasteiger partial charge in [-0.3, -0.25) is 4.79 Å². The van der Waals surface area contributed by atoms with Crippen molar-refractivity contribution in [3.05, 3.63) is 83.0 Å². The predicted octanol–water partition coefficient (Wildman–Crippen LogP) is 5.62. The van der Waals surface area contributed by atoms with Gasteiger partial charge in [0.05, 0.1) is 13.0 Å². The topological polar surface area (TPSA) is 75.4 Å². The largest absolute Gasteiger partial charge is 0.462 e. The van der Waals surface area contributed by atoms with E-state index in [1.54, 1.807) is 0 Å². The Morgan fingerprint density at radius 2 is 1.81 bits per heavy atom. The summed E-state index contributed by atoms with van der Waals surface area (Å²) < 4.78 is 12.5. The number of amides is 1. The van der Waals surface area contributed by atoms with Crippen molar-refractivity contribution in [2.24, 2.45) is 0 Å². The molecule has 0 saturated carbocycles. The molecule has 0 radical (unpaired) electrons. The zero-order valence-corrected chi connectivity index (χ0v) is 20.7. The van der Waals surface area contributed by atoms with Crippen molar-refractivity contribution in [2.45, 2.75) is 45.5 Å². The van der Waals surface area contributed by atoms with Crippen LogP contribution in [-0.4, -0.2) is 29.8 Å². The van der Waals surface area contributed by atoms with Crippen molar-refractivity contribution < 1.29 is 14.3 Å². The van der Waals surface area contributed by atoms with Crippen LogP contribution >= 0.6 is 0 Å². The Balaban J connectivity index is 1.19. The molecule has 1 fully saturated rings. The summed E-state index contributed by atoms with van der Waals surface area (Å²) in [5.41, 5.74) is 8.31. The number of aryl methyl sites for hydroxylation is 2. The summed E-state index contributed by atoms with van der Waals surface area (Å²) in [6, 6.07) is 20.4. The lowest BCUT2D eigenvalue weighted by molar-refractivity contribution is -0.218. The molecule has 0 unspecified atom stereocenters. The van der Waals surface area contributed by atoms with E-state index >= 15 is 0 Å². The number of hydrogen-bond donors (Lipinski definition) is 3.